The van der Waals surface area contributed by atoms with Crippen LogP contribution in [0.4, 0.5) is 0 Å². The summed E-state index contributed by atoms with van der Waals surface area (Å²) in [5.74, 6) is 1.40. The van der Waals surface area contributed by atoms with Crippen LogP contribution in [0.3, 0.4) is 0 Å². The fourth-order valence-electron chi connectivity index (χ4n) is 1.36. The van der Waals surface area contributed by atoms with Crippen molar-refractivity contribution in [2.75, 3.05) is 13.7 Å². The number of amides is 1. The lowest BCUT2D eigenvalue weighted by atomic mass is 10.2. The number of rotatable bonds is 6. The summed E-state index contributed by atoms with van der Waals surface area (Å²) in [6.07, 6.45) is 0. The van der Waals surface area contributed by atoms with Gasteiger partial charge in [0, 0.05) is 11.4 Å². The van der Waals surface area contributed by atoms with Crippen LogP contribution in [0.1, 0.15) is 20.8 Å². The van der Waals surface area contributed by atoms with Gasteiger partial charge in [0.2, 0.25) is 5.91 Å². The third kappa shape index (κ3) is 5.00. The van der Waals surface area contributed by atoms with Gasteiger partial charge in [-0.15, -0.1) is 11.8 Å². The highest BCUT2D eigenvalue weighted by molar-refractivity contribution is 8.00. The van der Waals surface area contributed by atoms with Gasteiger partial charge in [-0.25, -0.2) is 0 Å². The zero-order chi connectivity index (χ0) is 13.5. The minimum Gasteiger partial charge on any atom is -0.497 e. The zero-order valence-electron chi connectivity index (χ0n) is 11.4. The fraction of sp³-hybridized carbons (Fsp3) is 0.500. The number of benzene rings is 1. The van der Waals surface area contributed by atoms with Gasteiger partial charge in [0.15, 0.2) is 0 Å². The Morgan fingerprint density at radius 2 is 1.89 bits per heavy atom. The summed E-state index contributed by atoms with van der Waals surface area (Å²) in [6, 6.07) is 7.74. The number of hydrogen-bond acceptors (Lipinski definition) is 3. The minimum atomic E-state index is -0.0860. The van der Waals surface area contributed by atoms with Crippen LogP contribution in [0.25, 0.3) is 0 Å². The first-order valence-electron chi connectivity index (χ1n) is 6.11. The molecule has 0 radical (unpaired) electrons. The average Bonchev–Trinajstić information content (AvgIpc) is 2.36. The summed E-state index contributed by atoms with van der Waals surface area (Å²) in [5, 5.41) is 2.85. The van der Waals surface area contributed by atoms with Gasteiger partial charge in [-0.05, 0) is 37.1 Å². The van der Waals surface area contributed by atoms with Crippen molar-refractivity contribution in [3.63, 3.8) is 0 Å². The zero-order valence-corrected chi connectivity index (χ0v) is 12.2. The predicted octanol–water partition coefficient (Wildman–Crippen LogP) is 2.95. The highest BCUT2D eigenvalue weighted by atomic mass is 32.2. The average molecular weight is 267 g/mol. The number of ether oxygens (including phenoxy) is 1. The molecule has 1 atom stereocenters. The number of methoxy groups -OCH3 is 1. The fourth-order valence-corrected chi connectivity index (χ4v) is 2.25. The van der Waals surface area contributed by atoms with E-state index < -0.39 is 0 Å². The first kappa shape index (κ1) is 14.9. The molecule has 18 heavy (non-hydrogen) atoms. The maximum atomic E-state index is 11.8. The summed E-state index contributed by atoms with van der Waals surface area (Å²) in [4.78, 5) is 12.9. The van der Waals surface area contributed by atoms with Crippen LogP contribution in [0, 0.1) is 5.92 Å². The second-order valence-corrected chi connectivity index (χ2v) is 5.99. The van der Waals surface area contributed by atoms with Crippen molar-refractivity contribution >= 4 is 17.7 Å². The second kappa shape index (κ2) is 7.31. The number of nitrogens with one attached hydrogen (secondary N) is 1. The first-order valence-corrected chi connectivity index (χ1v) is 6.99. The van der Waals surface area contributed by atoms with E-state index in [-0.39, 0.29) is 11.2 Å². The normalized spacial score (nSPS) is 12.3. The Morgan fingerprint density at radius 1 is 1.28 bits per heavy atom. The molecule has 1 amide bonds. The van der Waals surface area contributed by atoms with Crippen LogP contribution in [-0.4, -0.2) is 24.8 Å². The van der Waals surface area contributed by atoms with Crippen molar-refractivity contribution in [2.24, 2.45) is 5.92 Å². The van der Waals surface area contributed by atoms with Gasteiger partial charge in [-0.3, -0.25) is 4.79 Å². The number of hydrogen-bond donors (Lipinski definition) is 1. The molecule has 4 heteroatoms. The Hall–Kier alpha value is -1.16. The molecule has 0 aromatic heterocycles. The Labute approximate surface area is 113 Å². The van der Waals surface area contributed by atoms with Crippen LogP contribution in [0.2, 0.25) is 0 Å². The van der Waals surface area contributed by atoms with Gasteiger partial charge in [0.1, 0.15) is 5.75 Å². The summed E-state index contributed by atoms with van der Waals surface area (Å²) in [5.41, 5.74) is 0. The summed E-state index contributed by atoms with van der Waals surface area (Å²) in [7, 11) is 1.64. The first-order chi connectivity index (χ1) is 8.52. The molecule has 1 aromatic rings. The molecule has 0 aliphatic heterocycles. The van der Waals surface area contributed by atoms with Crippen LogP contribution >= 0.6 is 11.8 Å². The standard InChI is InChI=1S/C14H21NO2S/c1-10(2)9-15-14(16)11(3)18-13-7-5-12(17-4)6-8-13/h5-8,10-11H,9H2,1-4H3,(H,15,16)/t11-/m0/s1. The molecule has 1 rings (SSSR count). The maximum Gasteiger partial charge on any atom is 0.233 e. The van der Waals surface area contributed by atoms with Gasteiger partial charge in [0.05, 0.1) is 12.4 Å². The molecule has 1 N–H and O–H groups in total. The SMILES string of the molecule is COc1ccc(S[C@@H](C)C(=O)NCC(C)C)cc1. The van der Waals surface area contributed by atoms with E-state index in [2.05, 4.69) is 19.2 Å². The Morgan fingerprint density at radius 3 is 2.39 bits per heavy atom. The monoisotopic (exact) mass is 267 g/mol. The molecule has 100 valence electrons. The highest BCUT2D eigenvalue weighted by Gasteiger charge is 2.14. The lowest BCUT2D eigenvalue weighted by Gasteiger charge is -2.13. The van der Waals surface area contributed by atoms with Crippen LogP contribution in [0.5, 0.6) is 5.75 Å². The minimum absolute atomic E-state index is 0.0860. The number of carbonyl (C=O) groups is 1. The molecule has 0 saturated heterocycles. The molecule has 0 bridgehead atoms. The number of carbonyl (C=O) groups excluding carboxylic acids is 1. The van der Waals surface area contributed by atoms with Gasteiger partial charge >= 0.3 is 0 Å². The molecule has 0 unspecified atom stereocenters. The van der Waals surface area contributed by atoms with E-state index in [4.69, 9.17) is 4.74 Å². The quantitative estimate of drug-likeness (QED) is 0.805. The Kier molecular flexibility index (Phi) is 6.05. The highest BCUT2D eigenvalue weighted by Crippen LogP contribution is 2.25. The third-order valence-corrected chi connectivity index (χ3v) is 3.54. The third-order valence-electron chi connectivity index (χ3n) is 2.43. The van der Waals surface area contributed by atoms with E-state index in [0.717, 1.165) is 17.2 Å². The molecule has 0 aliphatic carbocycles. The predicted molar refractivity (Wildman–Crippen MR) is 76.2 cm³/mol. The lowest BCUT2D eigenvalue weighted by Crippen LogP contribution is -2.33. The largest absolute Gasteiger partial charge is 0.497 e. The van der Waals surface area contributed by atoms with Crippen LogP contribution < -0.4 is 10.1 Å². The Balaban J connectivity index is 2.47. The van der Waals surface area contributed by atoms with Gasteiger partial charge in [-0.2, -0.15) is 0 Å². The van der Waals surface area contributed by atoms with E-state index in [1.807, 2.05) is 31.2 Å². The lowest BCUT2D eigenvalue weighted by molar-refractivity contribution is -0.120. The molecular formula is C14H21NO2S. The van der Waals surface area contributed by atoms with Crippen molar-refractivity contribution in [3.8, 4) is 5.75 Å². The molecule has 1 aromatic carbocycles. The van der Waals surface area contributed by atoms with E-state index >= 15 is 0 Å². The molecule has 0 aliphatic rings. The summed E-state index contributed by atoms with van der Waals surface area (Å²) in [6.45, 7) is 6.82. The van der Waals surface area contributed by atoms with Crippen molar-refractivity contribution in [2.45, 2.75) is 30.9 Å². The van der Waals surface area contributed by atoms with Crippen molar-refractivity contribution in [1.82, 2.24) is 5.32 Å². The van der Waals surface area contributed by atoms with Crippen molar-refractivity contribution < 1.29 is 9.53 Å². The maximum absolute atomic E-state index is 11.8. The van der Waals surface area contributed by atoms with Crippen LogP contribution in [0.15, 0.2) is 29.2 Å². The van der Waals surface area contributed by atoms with Crippen molar-refractivity contribution in [1.29, 1.82) is 0 Å². The van der Waals surface area contributed by atoms with E-state index in [1.165, 1.54) is 0 Å². The van der Waals surface area contributed by atoms with Crippen molar-refractivity contribution in [3.05, 3.63) is 24.3 Å². The smallest absolute Gasteiger partial charge is 0.233 e. The van der Waals surface area contributed by atoms with E-state index in [9.17, 15) is 4.79 Å². The second-order valence-electron chi connectivity index (χ2n) is 4.57. The molecular weight excluding hydrogens is 246 g/mol. The van der Waals surface area contributed by atoms with E-state index in [1.54, 1.807) is 18.9 Å². The van der Waals surface area contributed by atoms with Gasteiger partial charge < -0.3 is 10.1 Å². The Bertz CT molecular complexity index is 376. The van der Waals surface area contributed by atoms with E-state index in [0.29, 0.717) is 5.92 Å². The molecule has 0 heterocycles. The molecule has 0 saturated carbocycles. The summed E-state index contributed by atoms with van der Waals surface area (Å²) >= 11 is 1.55. The number of thioether (sulfide) groups is 1. The van der Waals surface area contributed by atoms with Crippen LogP contribution in [-0.2, 0) is 4.79 Å². The van der Waals surface area contributed by atoms with Gasteiger partial charge in [0.25, 0.3) is 0 Å². The summed E-state index contributed by atoms with van der Waals surface area (Å²) < 4.78 is 5.10. The van der Waals surface area contributed by atoms with Gasteiger partial charge in [-0.1, -0.05) is 13.8 Å². The molecule has 0 fully saturated rings. The topological polar surface area (TPSA) is 38.3 Å². The molecule has 3 nitrogen and oxygen atoms in total. The molecule has 0 spiro atoms.